The molecule has 1 aromatic heterocycles. The molecule has 0 aliphatic carbocycles. The van der Waals surface area contributed by atoms with Crippen molar-refractivity contribution in [1.82, 2.24) is 15.5 Å². The molecule has 2 amide bonds. The third-order valence-electron chi connectivity index (χ3n) is 3.65. The summed E-state index contributed by atoms with van der Waals surface area (Å²) in [5.74, 6) is -0.539. The molecule has 0 fully saturated rings. The van der Waals surface area contributed by atoms with Crippen LogP contribution in [0.2, 0.25) is 0 Å². The quantitative estimate of drug-likeness (QED) is 0.703. The Kier molecular flexibility index (Phi) is 5.70. The van der Waals surface area contributed by atoms with Crippen LogP contribution in [0.5, 0.6) is 0 Å². The number of amides is 2. The lowest BCUT2D eigenvalue weighted by Gasteiger charge is -2.12. The van der Waals surface area contributed by atoms with E-state index < -0.39 is 6.04 Å². The van der Waals surface area contributed by atoms with Crippen LogP contribution in [0.1, 0.15) is 12.5 Å². The number of hydrogen-bond donors (Lipinski definition) is 2. The zero-order chi connectivity index (χ0) is 18.4. The van der Waals surface area contributed by atoms with Gasteiger partial charge in [0.05, 0.1) is 6.42 Å². The lowest BCUT2D eigenvalue weighted by Crippen LogP contribution is -2.42. The highest BCUT2D eigenvalue weighted by Crippen LogP contribution is 2.25. The Morgan fingerprint density at radius 1 is 1.00 bits per heavy atom. The first kappa shape index (κ1) is 17.8. The molecule has 26 heavy (non-hydrogen) atoms. The molecule has 3 rings (SSSR count). The van der Waals surface area contributed by atoms with E-state index in [-0.39, 0.29) is 18.2 Å². The third kappa shape index (κ3) is 4.73. The van der Waals surface area contributed by atoms with Gasteiger partial charge in [0.2, 0.25) is 16.9 Å². The van der Waals surface area contributed by atoms with Gasteiger partial charge in [-0.2, -0.15) is 0 Å². The van der Waals surface area contributed by atoms with E-state index in [1.54, 1.807) is 6.92 Å². The standard InChI is InChI=1S/C19H18N4O2S/c1-13(20-16(24)12-14-8-4-2-5-9-14)17(25)21-19-23-22-18(26-19)15-10-6-3-7-11-15/h2-11,13H,12H2,1H3,(H,20,24)(H,21,23,25)/t13-/m1/s1. The first-order valence-electron chi connectivity index (χ1n) is 8.15. The van der Waals surface area contributed by atoms with Gasteiger partial charge in [-0.15, -0.1) is 10.2 Å². The van der Waals surface area contributed by atoms with Crippen LogP contribution in [0.25, 0.3) is 10.6 Å². The van der Waals surface area contributed by atoms with E-state index in [0.717, 1.165) is 16.1 Å². The van der Waals surface area contributed by atoms with E-state index in [1.807, 2.05) is 60.7 Å². The van der Waals surface area contributed by atoms with Crippen molar-refractivity contribution in [3.05, 3.63) is 66.2 Å². The third-order valence-corrected chi connectivity index (χ3v) is 4.54. The molecular formula is C19H18N4O2S. The Morgan fingerprint density at radius 2 is 1.65 bits per heavy atom. The summed E-state index contributed by atoms with van der Waals surface area (Å²) in [6.07, 6.45) is 0.232. The molecule has 0 aliphatic heterocycles. The Labute approximate surface area is 155 Å². The zero-order valence-corrected chi connectivity index (χ0v) is 15.0. The Bertz CT molecular complexity index is 881. The lowest BCUT2D eigenvalue weighted by molar-refractivity contribution is -0.125. The summed E-state index contributed by atoms with van der Waals surface area (Å²) in [4.78, 5) is 24.3. The predicted molar refractivity (Wildman–Crippen MR) is 102 cm³/mol. The van der Waals surface area contributed by atoms with Crippen molar-refractivity contribution >= 4 is 28.3 Å². The van der Waals surface area contributed by atoms with Gasteiger partial charge in [-0.3, -0.25) is 14.9 Å². The van der Waals surface area contributed by atoms with Crippen LogP contribution < -0.4 is 10.6 Å². The summed E-state index contributed by atoms with van der Waals surface area (Å²) in [6.45, 7) is 1.64. The minimum Gasteiger partial charge on any atom is -0.344 e. The van der Waals surface area contributed by atoms with Gasteiger partial charge in [0, 0.05) is 5.56 Å². The molecule has 1 atom stereocenters. The van der Waals surface area contributed by atoms with Gasteiger partial charge < -0.3 is 5.32 Å². The maximum atomic E-state index is 12.3. The first-order valence-corrected chi connectivity index (χ1v) is 8.96. The molecule has 0 saturated heterocycles. The molecule has 0 aliphatic rings. The summed E-state index contributed by atoms with van der Waals surface area (Å²) in [5, 5.41) is 14.6. The maximum absolute atomic E-state index is 12.3. The smallest absolute Gasteiger partial charge is 0.248 e. The topological polar surface area (TPSA) is 84.0 Å². The fraction of sp³-hybridized carbons (Fsp3) is 0.158. The minimum absolute atomic E-state index is 0.207. The summed E-state index contributed by atoms with van der Waals surface area (Å²) in [5.41, 5.74) is 1.84. The van der Waals surface area contributed by atoms with Crippen molar-refractivity contribution in [2.24, 2.45) is 0 Å². The molecule has 132 valence electrons. The molecule has 0 unspecified atom stereocenters. The Balaban J connectivity index is 1.54. The van der Waals surface area contributed by atoms with Crippen molar-refractivity contribution in [3.8, 4) is 10.6 Å². The lowest BCUT2D eigenvalue weighted by atomic mass is 10.1. The van der Waals surface area contributed by atoms with Gasteiger partial charge >= 0.3 is 0 Å². The largest absolute Gasteiger partial charge is 0.344 e. The summed E-state index contributed by atoms with van der Waals surface area (Å²) < 4.78 is 0. The van der Waals surface area contributed by atoms with Crippen LogP contribution in [0.3, 0.4) is 0 Å². The van der Waals surface area contributed by atoms with Gasteiger partial charge in [-0.1, -0.05) is 72.0 Å². The van der Waals surface area contributed by atoms with E-state index >= 15 is 0 Å². The van der Waals surface area contributed by atoms with Crippen LogP contribution in [0.15, 0.2) is 60.7 Å². The number of benzene rings is 2. The van der Waals surface area contributed by atoms with Gasteiger partial charge in [-0.05, 0) is 12.5 Å². The van der Waals surface area contributed by atoms with Gasteiger partial charge in [-0.25, -0.2) is 0 Å². The molecule has 3 aromatic rings. The van der Waals surface area contributed by atoms with Gasteiger partial charge in [0.15, 0.2) is 0 Å². The molecule has 2 aromatic carbocycles. The van der Waals surface area contributed by atoms with E-state index in [9.17, 15) is 9.59 Å². The number of carbonyl (C=O) groups is 2. The zero-order valence-electron chi connectivity index (χ0n) is 14.2. The molecule has 0 bridgehead atoms. The Hall–Kier alpha value is -3.06. The van der Waals surface area contributed by atoms with Crippen molar-refractivity contribution in [2.45, 2.75) is 19.4 Å². The number of anilines is 1. The fourth-order valence-corrected chi connectivity index (χ4v) is 3.08. The van der Waals surface area contributed by atoms with Crippen LogP contribution in [-0.4, -0.2) is 28.1 Å². The van der Waals surface area contributed by atoms with Crippen LogP contribution in [0, 0.1) is 0 Å². The van der Waals surface area contributed by atoms with Crippen molar-refractivity contribution in [3.63, 3.8) is 0 Å². The second-order valence-electron chi connectivity index (χ2n) is 5.72. The highest BCUT2D eigenvalue weighted by molar-refractivity contribution is 7.18. The van der Waals surface area contributed by atoms with Crippen LogP contribution >= 0.6 is 11.3 Å². The number of aromatic nitrogens is 2. The van der Waals surface area contributed by atoms with E-state index in [4.69, 9.17) is 0 Å². The second kappa shape index (κ2) is 8.35. The van der Waals surface area contributed by atoms with Crippen molar-refractivity contribution in [2.75, 3.05) is 5.32 Å². The fourth-order valence-electron chi connectivity index (χ4n) is 2.32. The molecule has 0 saturated carbocycles. The highest BCUT2D eigenvalue weighted by atomic mass is 32.1. The van der Waals surface area contributed by atoms with E-state index in [1.165, 1.54) is 11.3 Å². The monoisotopic (exact) mass is 366 g/mol. The molecular weight excluding hydrogens is 348 g/mol. The number of nitrogens with zero attached hydrogens (tertiary/aromatic N) is 2. The number of hydrogen-bond acceptors (Lipinski definition) is 5. The molecule has 0 radical (unpaired) electrons. The SMILES string of the molecule is C[C@@H](NC(=O)Cc1ccccc1)C(=O)Nc1nnc(-c2ccccc2)s1. The van der Waals surface area contributed by atoms with Gasteiger partial charge in [0.1, 0.15) is 11.0 Å². The average Bonchev–Trinajstić information content (AvgIpc) is 3.11. The summed E-state index contributed by atoms with van der Waals surface area (Å²) in [7, 11) is 0. The second-order valence-corrected chi connectivity index (χ2v) is 6.70. The number of rotatable bonds is 6. The summed E-state index contributed by atoms with van der Waals surface area (Å²) in [6, 6.07) is 18.3. The van der Waals surface area contributed by atoms with Crippen LogP contribution in [0.4, 0.5) is 5.13 Å². The highest BCUT2D eigenvalue weighted by Gasteiger charge is 2.18. The molecule has 0 spiro atoms. The minimum atomic E-state index is -0.671. The maximum Gasteiger partial charge on any atom is 0.248 e. The Morgan fingerprint density at radius 3 is 2.35 bits per heavy atom. The molecule has 7 heteroatoms. The predicted octanol–water partition coefficient (Wildman–Crippen LogP) is 2.89. The molecule has 1 heterocycles. The van der Waals surface area contributed by atoms with Gasteiger partial charge in [0.25, 0.3) is 0 Å². The normalized spacial score (nSPS) is 11.6. The average molecular weight is 366 g/mol. The van der Waals surface area contributed by atoms with Crippen LogP contribution in [-0.2, 0) is 16.0 Å². The molecule has 6 nitrogen and oxygen atoms in total. The summed E-state index contributed by atoms with van der Waals surface area (Å²) >= 11 is 1.29. The number of nitrogens with one attached hydrogen (secondary N) is 2. The van der Waals surface area contributed by atoms with Crippen molar-refractivity contribution in [1.29, 1.82) is 0 Å². The number of carbonyl (C=O) groups excluding carboxylic acids is 2. The molecule has 2 N–H and O–H groups in total. The van der Waals surface area contributed by atoms with E-state index in [2.05, 4.69) is 20.8 Å². The first-order chi connectivity index (χ1) is 12.6. The van der Waals surface area contributed by atoms with Crippen molar-refractivity contribution < 1.29 is 9.59 Å². The van der Waals surface area contributed by atoms with E-state index in [0.29, 0.717) is 5.13 Å².